The highest BCUT2D eigenvalue weighted by atomic mass is 32.2. The number of ether oxygens (including phenoxy) is 1. The first-order valence-electron chi connectivity index (χ1n) is 8.49. The number of thioether (sulfide) groups is 1. The Labute approximate surface area is 160 Å². The number of aromatic nitrogens is 3. The summed E-state index contributed by atoms with van der Waals surface area (Å²) in [6.07, 6.45) is 2.51. The van der Waals surface area contributed by atoms with Crippen LogP contribution in [0, 0.1) is 11.6 Å². The first-order chi connectivity index (χ1) is 13.2. The molecule has 0 aliphatic carbocycles. The maximum absolute atomic E-state index is 14.1. The summed E-state index contributed by atoms with van der Waals surface area (Å²) in [5.41, 5.74) is 0.415. The maximum atomic E-state index is 14.1. The largest absolute Gasteiger partial charge is 0.494 e. The van der Waals surface area contributed by atoms with Crippen LogP contribution in [-0.4, -0.2) is 27.1 Å². The van der Waals surface area contributed by atoms with Crippen molar-refractivity contribution in [3.63, 3.8) is 0 Å². The predicted octanol–water partition coefficient (Wildman–Crippen LogP) is 4.97. The molecule has 0 atom stereocenters. The molecule has 0 bridgehead atoms. The van der Waals surface area contributed by atoms with Gasteiger partial charge in [-0.2, -0.15) is 0 Å². The standard InChI is InChI=1S/C20H19F2N3OS/c1-2-12-25-19(17-6-3-4-7-18(17)22)23-24-20(25)27-14-5-13-26-16-10-8-15(21)9-11-16/h2-4,6-11H,1,5,12-14H2. The molecule has 3 aromatic rings. The van der Waals surface area contributed by atoms with Crippen LogP contribution in [0.2, 0.25) is 0 Å². The minimum atomic E-state index is -0.334. The van der Waals surface area contributed by atoms with E-state index in [1.165, 1.54) is 30.0 Å². The molecule has 0 fully saturated rings. The van der Waals surface area contributed by atoms with Crippen LogP contribution >= 0.6 is 11.8 Å². The Hall–Kier alpha value is -2.67. The monoisotopic (exact) mass is 387 g/mol. The Morgan fingerprint density at radius 1 is 1.07 bits per heavy atom. The topological polar surface area (TPSA) is 39.9 Å². The van der Waals surface area contributed by atoms with Crippen LogP contribution in [0.1, 0.15) is 6.42 Å². The Morgan fingerprint density at radius 3 is 2.59 bits per heavy atom. The minimum Gasteiger partial charge on any atom is -0.494 e. The van der Waals surface area contributed by atoms with Gasteiger partial charge in [-0.05, 0) is 42.8 Å². The molecule has 7 heteroatoms. The van der Waals surface area contributed by atoms with Crippen molar-refractivity contribution in [2.75, 3.05) is 12.4 Å². The van der Waals surface area contributed by atoms with E-state index in [0.29, 0.717) is 35.4 Å². The van der Waals surface area contributed by atoms with Crippen LogP contribution in [0.25, 0.3) is 11.4 Å². The van der Waals surface area contributed by atoms with E-state index in [2.05, 4.69) is 16.8 Å². The highest BCUT2D eigenvalue weighted by Gasteiger charge is 2.16. The van der Waals surface area contributed by atoms with Crippen molar-refractivity contribution in [2.24, 2.45) is 0 Å². The van der Waals surface area contributed by atoms with Gasteiger partial charge in [0.25, 0.3) is 0 Å². The van der Waals surface area contributed by atoms with E-state index >= 15 is 0 Å². The van der Waals surface area contributed by atoms with Gasteiger partial charge in [0, 0.05) is 12.3 Å². The molecule has 0 saturated carbocycles. The van der Waals surface area contributed by atoms with Gasteiger partial charge in [-0.3, -0.25) is 4.57 Å². The predicted molar refractivity (Wildman–Crippen MR) is 103 cm³/mol. The molecule has 1 aromatic heterocycles. The van der Waals surface area contributed by atoms with Crippen LogP contribution in [0.5, 0.6) is 5.75 Å². The molecule has 140 valence electrons. The van der Waals surface area contributed by atoms with Gasteiger partial charge in [0.2, 0.25) is 0 Å². The van der Waals surface area contributed by atoms with Crippen molar-refractivity contribution in [1.29, 1.82) is 0 Å². The van der Waals surface area contributed by atoms with Gasteiger partial charge in [0.1, 0.15) is 17.4 Å². The summed E-state index contributed by atoms with van der Waals surface area (Å²) in [6.45, 7) is 4.76. The highest BCUT2D eigenvalue weighted by Crippen LogP contribution is 2.26. The fourth-order valence-corrected chi connectivity index (χ4v) is 3.33. The Morgan fingerprint density at radius 2 is 1.85 bits per heavy atom. The molecule has 1 heterocycles. The van der Waals surface area contributed by atoms with E-state index in [9.17, 15) is 8.78 Å². The third kappa shape index (κ3) is 4.95. The average Bonchev–Trinajstić information content (AvgIpc) is 3.06. The van der Waals surface area contributed by atoms with E-state index in [4.69, 9.17) is 4.74 Å². The zero-order chi connectivity index (χ0) is 19.1. The lowest BCUT2D eigenvalue weighted by Gasteiger charge is -2.09. The van der Waals surface area contributed by atoms with E-state index in [-0.39, 0.29) is 11.6 Å². The lowest BCUT2D eigenvalue weighted by atomic mass is 10.2. The van der Waals surface area contributed by atoms with E-state index < -0.39 is 0 Å². The average molecular weight is 387 g/mol. The molecule has 2 aromatic carbocycles. The zero-order valence-electron chi connectivity index (χ0n) is 14.6. The lowest BCUT2D eigenvalue weighted by Crippen LogP contribution is -2.03. The van der Waals surface area contributed by atoms with Gasteiger partial charge in [0.05, 0.1) is 12.2 Å². The van der Waals surface area contributed by atoms with Crippen LogP contribution in [-0.2, 0) is 6.54 Å². The number of benzene rings is 2. The minimum absolute atomic E-state index is 0.287. The van der Waals surface area contributed by atoms with Crippen molar-refractivity contribution >= 4 is 11.8 Å². The van der Waals surface area contributed by atoms with Crippen molar-refractivity contribution in [3.8, 4) is 17.1 Å². The molecule has 3 rings (SSSR count). The summed E-state index contributed by atoms with van der Waals surface area (Å²) >= 11 is 1.53. The molecule has 0 aliphatic rings. The van der Waals surface area contributed by atoms with Gasteiger partial charge in [-0.25, -0.2) is 8.78 Å². The van der Waals surface area contributed by atoms with Crippen LogP contribution in [0.15, 0.2) is 66.3 Å². The normalized spacial score (nSPS) is 10.7. The van der Waals surface area contributed by atoms with Crippen molar-refractivity contribution < 1.29 is 13.5 Å². The molecule has 0 aliphatic heterocycles. The summed E-state index contributed by atoms with van der Waals surface area (Å²) in [5, 5.41) is 9.06. The summed E-state index contributed by atoms with van der Waals surface area (Å²) < 4.78 is 34.4. The molecular formula is C20H19F2N3OS. The number of nitrogens with zero attached hydrogens (tertiary/aromatic N) is 3. The summed E-state index contributed by atoms with van der Waals surface area (Å²) in [5.74, 6) is 1.26. The number of hydrogen-bond acceptors (Lipinski definition) is 4. The second-order valence-corrected chi connectivity index (χ2v) is 6.75. The number of halogens is 2. The second kappa shape index (κ2) is 9.32. The van der Waals surface area contributed by atoms with Gasteiger partial charge < -0.3 is 4.74 Å². The van der Waals surface area contributed by atoms with E-state index in [1.807, 2.05) is 4.57 Å². The smallest absolute Gasteiger partial charge is 0.191 e. The van der Waals surface area contributed by atoms with Gasteiger partial charge >= 0.3 is 0 Å². The molecule has 0 unspecified atom stereocenters. The lowest BCUT2D eigenvalue weighted by molar-refractivity contribution is 0.318. The first-order valence-corrected chi connectivity index (χ1v) is 9.48. The van der Waals surface area contributed by atoms with Crippen LogP contribution in [0.4, 0.5) is 8.78 Å². The first kappa shape index (κ1) is 19.1. The molecule has 4 nitrogen and oxygen atoms in total. The molecule has 27 heavy (non-hydrogen) atoms. The molecule has 0 radical (unpaired) electrons. The Bertz CT molecular complexity index is 896. The zero-order valence-corrected chi connectivity index (χ0v) is 15.5. The summed E-state index contributed by atoms with van der Waals surface area (Å²) in [7, 11) is 0. The molecule has 0 saturated heterocycles. The van der Waals surface area contributed by atoms with Gasteiger partial charge in [-0.1, -0.05) is 30.0 Å². The third-order valence-electron chi connectivity index (χ3n) is 3.75. The van der Waals surface area contributed by atoms with Crippen molar-refractivity contribution in [2.45, 2.75) is 18.1 Å². The number of hydrogen-bond donors (Lipinski definition) is 0. The van der Waals surface area contributed by atoms with Gasteiger partial charge in [0.15, 0.2) is 11.0 Å². The van der Waals surface area contributed by atoms with Crippen molar-refractivity contribution in [1.82, 2.24) is 14.8 Å². The SMILES string of the molecule is C=CCn1c(SCCCOc2ccc(F)cc2)nnc1-c1ccccc1F. The number of rotatable bonds is 9. The molecular weight excluding hydrogens is 368 g/mol. The maximum Gasteiger partial charge on any atom is 0.191 e. The van der Waals surface area contributed by atoms with Crippen LogP contribution < -0.4 is 4.74 Å². The van der Waals surface area contributed by atoms with Crippen LogP contribution in [0.3, 0.4) is 0 Å². The fraction of sp³-hybridized carbons (Fsp3) is 0.200. The molecule has 0 amide bonds. The highest BCUT2D eigenvalue weighted by molar-refractivity contribution is 7.99. The molecule has 0 N–H and O–H groups in total. The summed E-state index contributed by atoms with van der Waals surface area (Å²) in [6, 6.07) is 12.4. The summed E-state index contributed by atoms with van der Waals surface area (Å²) in [4.78, 5) is 0. The van der Waals surface area contributed by atoms with Crippen molar-refractivity contribution in [3.05, 3.63) is 72.8 Å². The number of allylic oxidation sites excluding steroid dienone is 1. The fourth-order valence-electron chi connectivity index (χ4n) is 2.47. The second-order valence-electron chi connectivity index (χ2n) is 5.69. The third-order valence-corrected chi connectivity index (χ3v) is 4.80. The van der Waals surface area contributed by atoms with Gasteiger partial charge in [-0.15, -0.1) is 16.8 Å². The quantitative estimate of drug-likeness (QED) is 0.295. The molecule has 0 spiro atoms. The Balaban J connectivity index is 1.59. The van der Waals surface area contributed by atoms with E-state index in [1.54, 1.807) is 36.4 Å². The van der Waals surface area contributed by atoms with E-state index in [0.717, 1.165) is 12.2 Å². The Kier molecular flexibility index (Phi) is 6.59.